The minimum Gasteiger partial charge on any atom is -0.222 e. The molecule has 1 aromatic carbocycles. The molecule has 0 N–H and O–H groups in total. The van der Waals surface area contributed by atoms with E-state index in [9.17, 15) is 0 Å². The summed E-state index contributed by atoms with van der Waals surface area (Å²) >= 11 is 3.51. The van der Waals surface area contributed by atoms with Crippen LogP contribution in [0.2, 0.25) is 0 Å². The van der Waals surface area contributed by atoms with Crippen molar-refractivity contribution in [1.82, 2.24) is 4.98 Å². The van der Waals surface area contributed by atoms with Crippen molar-refractivity contribution in [3.05, 3.63) is 64.9 Å². The first-order valence-corrected chi connectivity index (χ1v) is 8.42. The van der Waals surface area contributed by atoms with Crippen molar-refractivity contribution in [2.24, 2.45) is 0 Å². The van der Waals surface area contributed by atoms with Crippen LogP contribution in [-0.2, 0) is 0 Å². The van der Waals surface area contributed by atoms with Gasteiger partial charge in [-0.05, 0) is 27.0 Å². The van der Waals surface area contributed by atoms with E-state index in [1.807, 2.05) is 31.3 Å². The fourth-order valence-corrected chi connectivity index (χ4v) is 2.40. The van der Waals surface area contributed by atoms with Crippen LogP contribution in [0, 0.1) is 17.2 Å². The summed E-state index contributed by atoms with van der Waals surface area (Å²) in [6, 6.07) is 16.5. The lowest BCUT2D eigenvalue weighted by Gasteiger charge is -2.17. The van der Waals surface area contributed by atoms with E-state index in [0.717, 1.165) is 21.5 Å². The molecule has 8 heteroatoms. The monoisotopic (exact) mass is 398 g/mol. The van der Waals surface area contributed by atoms with E-state index in [1.54, 1.807) is 0 Å². The zero-order chi connectivity index (χ0) is 17.0. The second kappa shape index (κ2) is 7.31. The number of rotatable bonds is 1. The Morgan fingerprint density at radius 1 is 1.00 bits per heavy atom. The Morgan fingerprint density at radius 3 is 2.22 bits per heavy atom. The SMILES string of the molecule is Cc1cc(-c2ccccc2)[n+]2cc(Br)ccc2n1.[O-][Cl+3]([O-])([O-])[O-]. The zero-order valence-electron chi connectivity index (χ0n) is 12.0. The number of fused-ring (bicyclic) bond motifs is 1. The summed E-state index contributed by atoms with van der Waals surface area (Å²) in [6.07, 6.45) is 2.05. The van der Waals surface area contributed by atoms with Gasteiger partial charge in [-0.15, -0.1) is 10.2 Å². The van der Waals surface area contributed by atoms with Gasteiger partial charge in [-0.25, -0.2) is 18.6 Å². The molecule has 0 amide bonds. The third kappa shape index (κ3) is 5.51. The van der Waals surface area contributed by atoms with Crippen LogP contribution in [0.4, 0.5) is 0 Å². The molecule has 0 aliphatic carbocycles. The summed E-state index contributed by atoms with van der Waals surface area (Å²) in [6.45, 7) is 2.02. The van der Waals surface area contributed by atoms with Gasteiger partial charge >= 0.3 is 5.65 Å². The maximum Gasteiger partial charge on any atom is 0.328 e. The molecule has 0 aliphatic heterocycles. The van der Waals surface area contributed by atoms with Crippen LogP contribution in [0.5, 0.6) is 0 Å². The molecule has 0 spiro atoms. The molecule has 0 saturated carbocycles. The summed E-state index contributed by atoms with van der Waals surface area (Å²) in [5, 5.41) is 0. The second-order valence-corrected chi connectivity index (χ2v) is 6.27. The van der Waals surface area contributed by atoms with Crippen molar-refractivity contribution < 1.29 is 33.3 Å². The van der Waals surface area contributed by atoms with Gasteiger partial charge in [0.2, 0.25) is 0 Å². The number of aromatic nitrogens is 2. The van der Waals surface area contributed by atoms with Gasteiger partial charge in [-0.2, -0.15) is 4.40 Å². The standard InChI is InChI=1S/C15H12BrN2.ClHO4/c1-11-9-14(12-5-3-2-4-6-12)18-10-13(16)7-8-15(18)17-11;2-1(3,4)5/h2-10H,1H3;(H,2,3,4,5)/q+1;/p-1. The van der Waals surface area contributed by atoms with Gasteiger partial charge in [0, 0.05) is 24.6 Å². The summed E-state index contributed by atoms with van der Waals surface area (Å²) < 4.78 is 37.1. The Hall–Kier alpha value is -1.61. The lowest BCUT2D eigenvalue weighted by atomic mass is 10.1. The molecule has 0 radical (unpaired) electrons. The lowest BCUT2D eigenvalue weighted by molar-refractivity contribution is -2.00. The van der Waals surface area contributed by atoms with Gasteiger partial charge in [-0.1, -0.05) is 30.3 Å². The quantitative estimate of drug-likeness (QED) is 0.478. The number of halogens is 2. The molecule has 0 bridgehead atoms. The van der Waals surface area contributed by atoms with Crippen LogP contribution in [0.25, 0.3) is 16.9 Å². The first kappa shape index (κ1) is 17.7. The molecule has 6 nitrogen and oxygen atoms in total. The largest absolute Gasteiger partial charge is 0.328 e. The van der Waals surface area contributed by atoms with Crippen molar-refractivity contribution >= 4 is 21.6 Å². The van der Waals surface area contributed by atoms with Crippen LogP contribution >= 0.6 is 15.9 Å². The average molecular weight is 400 g/mol. The highest BCUT2D eigenvalue weighted by Gasteiger charge is 2.13. The van der Waals surface area contributed by atoms with Crippen molar-refractivity contribution in [3.63, 3.8) is 0 Å². The molecule has 120 valence electrons. The second-order valence-electron chi connectivity index (χ2n) is 4.60. The van der Waals surface area contributed by atoms with Gasteiger partial charge in [0.1, 0.15) is 11.9 Å². The Morgan fingerprint density at radius 2 is 1.61 bits per heavy atom. The van der Waals surface area contributed by atoms with Gasteiger partial charge in [0.05, 0.1) is 4.47 Å². The van der Waals surface area contributed by atoms with Crippen molar-refractivity contribution in [3.8, 4) is 11.3 Å². The smallest absolute Gasteiger partial charge is 0.222 e. The molecule has 2 aromatic heterocycles. The van der Waals surface area contributed by atoms with Crippen molar-refractivity contribution in [2.45, 2.75) is 6.92 Å². The molecule has 23 heavy (non-hydrogen) atoms. The molecule has 0 fully saturated rings. The number of benzene rings is 1. The highest BCUT2D eigenvalue weighted by atomic mass is 79.9. The Labute approximate surface area is 143 Å². The van der Waals surface area contributed by atoms with Crippen LogP contribution in [0.3, 0.4) is 0 Å². The summed E-state index contributed by atoms with van der Waals surface area (Å²) in [7, 11) is -4.94. The predicted molar refractivity (Wildman–Crippen MR) is 75.3 cm³/mol. The van der Waals surface area contributed by atoms with Crippen molar-refractivity contribution in [1.29, 1.82) is 0 Å². The maximum atomic E-state index is 8.49. The maximum absolute atomic E-state index is 8.49. The van der Waals surface area contributed by atoms with Crippen LogP contribution < -0.4 is 23.0 Å². The highest BCUT2D eigenvalue weighted by molar-refractivity contribution is 9.10. The molecule has 0 aliphatic rings. The lowest BCUT2D eigenvalue weighted by Crippen LogP contribution is -2.68. The van der Waals surface area contributed by atoms with E-state index < -0.39 is 10.2 Å². The molecule has 0 saturated heterocycles. The first-order chi connectivity index (χ1) is 10.7. The van der Waals surface area contributed by atoms with E-state index in [-0.39, 0.29) is 0 Å². The van der Waals surface area contributed by atoms with Crippen LogP contribution in [0.15, 0.2) is 59.2 Å². The van der Waals surface area contributed by atoms with Gasteiger partial charge < -0.3 is 0 Å². The van der Waals surface area contributed by atoms with E-state index in [4.69, 9.17) is 18.6 Å². The zero-order valence-corrected chi connectivity index (χ0v) is 14.3. The molecule has 0 unspecified atom stereocenters. The Bertz CT molecular complexity index is 804. The van der Waals surface area contributed by atoms with E-state index in [2.05, 4.69) is 55.6 Å². The van der Waals surface area contributed by atoms with Crippen LogP contribution in [0.1, 0.15) is 5.69 Å². The van der Waals surface area contributed by atoms with Gasteiger partial charge in [-0.3, -0.25) is 0 Å². The fraction of sp³-hybridized carbons (Fsp3) is 0.0667. The van der Waals surface area contributed by atoms with E-state index in [0.29, 0.717) is 0 Å². The first-order valence-electron chi connectivity index (χ1n) is 6.40. The van der Waals surface area contributed by atoms with E-state index in [1.165, 1.54) is 5.56 Å². The number of nitrogens with zero attached hydrogens (tertiary/aromatic N) is 2. The average Bonchev–Trinajstić information content (AvgIpc) is 2.46. The summed E-state index contributed by atoms with van der Waals surface area (Å²) in [5.41, 5.74) is 4.32. The highest BCUT2D eigenvalue weighted by Crippen LogP contribution is 2.17. The number of aryl methyl sites for hydroxylation is 1. The molecule has 0 atom stereocenters. The summed E-state index contributed by atoms with van der Waals surface area (Å²) in [5.74, 6) is 0. The van der Waals surface area contributed by atoms with Gasteiger partial charge in [0.15, 0.2) is 5.69 Å². The van der Waals surface area contributed by atoms with Gasteiger partial charge in [0.25, 0.3) is 0 Å². The molecular weight excluding hydrogens is 388 g/mol. The minimum absolute atomic E-state index is 0.956. The number of hydrogen-bond acceptors (Lipinski definition) is 5. The third-order valence-corrected chi connectivity index (χ3v) is 3.33. The topological polar surface area (TPSA) is 109 Å². The number of hydrogen-bond donors (Lipinski definition) is 0. The van der Waals surface area contributed by atoms with Crippen molar-refractivity contribution in [2.75, 3.05) is 0 Å². The molecule has 3 rings (SSSR count). The normalized spacial score (nSPS) is 11.0. The minimum atomic E-state index is -4.94. The molecule has 2 heterocycles. The van der Waals surface area contributed by atoms with E-state index >= 15 is 0 Å². The fourth-order valence-electron chi connectivity index (χ4n) is 2.06. The Kier molecular flexibility index (Phi) is 5.64. The molecule has 3 aromatic rings. The summed E-state index contributed by atoms with van der Waals surface area (Å²) in [4.78, 5) is 4.55. The Balaban J connectivity index is 0.000000338. The third-order valence-electron chi connectivity index (χ3n) is 2.86. The van der Waals surface area contributed by atoms with Crippen LogP contribution in [-0.4, -0.2) is 4.98 Å². The molecular formula is C15H12BrClN2O4. The predicted octanol–water partition coefficient (Wildman–Crippen LogP) is -1.20. The number of pyridine rings is 1.